The molecule has 16 heteroatoms. The monoisotopic (exact) mass is 849 g/mol. The number of nitrogen functional groups attached to an aromatic ring is 1. The summed E-state index contributed by atoms with van der Waals surface area (Å²) in [4.78, 5) is 40.6. The highest BCUT2D eigenvalue weighted by Gasteiger charge is 2.60. The van der Waals surface area contributed by atoms with E-state index in [1.807, 2.05) is 0 Å². The molecular weight excluding hydrogens is 793 g/mol. The summed E-state index contributed by atoms with van der Waals surface area (Å²) in [5.74, 6) is -2.45. The van der Waals surface area contributed by atoms with Crippen LogP contribution in [0.1, 0.15) is 90.7 Å². The van der Waals surface area contributed by atoms with E-state index in [1.54, 1.807) is 0 Å². The van der Waals surface area contributed by atoms with Gasteiger partial charge in [0.15, 0.2) is 6.10 Å². The Morgan fingerprint density at radius 1 is 1.12 bits per heavy atom. The molecule has 1 aliphatic heterocycles. The minimum atomic E-state index is -3.85. The Hall–Kier alpha value is -3.02. The smallest absolute Gasteiger partial charge is 0.351 e. The van der Waals surface area contributed by atoms with Crippen molar-refractivity contribution in [2.75, 3.05) is 23.8 Å². The summed E-state index contributed by atoms with van der Waals surface area (Å²) in [5, 5.41) is 30.6. The second-order valence-electron chi connectivity index (χ2n) is 16.7. The number of aromatic nitrogens is 2. The van der Waals surface area contributed by atoms with Gasteiger partial charge in [0, 0.05) is 24.1 Å². The number of carbonyl (C=O) groups excluding carboxylic acids is 2. The normalized spacial score (nSPS) is 33.4. The molecule has 2 heterocycles. The van der Waals surface area contributed by atoms with E-state index in [0.717, 1.165) is 56.4 Å². The van der Waals surface area contributed by atoms with Crippen LogP contribution in [-0.2, 0) is 23.8 Å². The molecule has 0 spiro atoms. The minimum absolute atomic E-state index is 0.0264. The lowest BCUT2D eigenvalue weighted by Gasteiger charge is -2.44. The molecule has 10 atom stereocenters. The number of fused-ring (bicyclic) bond motifs is 1. The Kier molecular flexibility index (Phi) is 14.7. The molecule has 1 aromatic heterocycles. The number of halogens is 2. The number of allylic oxidation sites excluding steroid dienone is 4. The zero-order valence-electron chi connectivity index (χ0n) is 33.2. The Morgan fingerprint density at radius 3 is 2.55 bits per heavy atom. The van der Waals surface area contributed by atoms with Gasteiger partial charge in [0.25, 0.3) is 0 Å². The number of rotatable bonds is 16. The Bertz CT molecular complexity index is 1820. The van der Waals surface area contributed by atoms with Crippen LogP contribution in [0.3, 0.4) is 0 Å². The molecule has 5 fully saturated rings. The number of esters is 2. The summed E-state index contributed by atoms with van der Waals surface area (Å²) < 4.78 is 46.2. The predicted molar refractivity (Wildman–Crippen MR) is 219 cm³/mol. The maximum absolute atomic E-state index is 14.7. The van der Waals surface area contributed by atoms with Crippen LogP contribution >= 0.6 is 21.6 Å². The molecule has 1 saturated heterocycles. The van der Waals surface area contributed by atoms with Gasteiger partial charge in [-0.1, -0.05) is 65.8 Å². The zero-order valence-corrected chi connectivity index (χ0v) is 34.8. The van der Waals surface area contributed by atoms with Crippen LogP contribution < -0.4 is 11.4 Å². The van der Waals surface area contributed by atoms with E-state index < -0.39 is 54.8 Å². The molecule has 58 heavy (non-hydrogen) atoms. The van der Waals surface area contributed by atoms with Crippen molar-refractivity contribution in [2.24, 2.45) is 29.1 Å². The summed E-state index contributed by atoms with van der Waals surface area (Å²) in [6.07, 6.45) is 10.9. The third-order valence-electron chi connectivity index (χ3n) is 12.6. The van der Waals surface area contributed by atoms with Gasteiger partial charge in [0.05, 0.1) is 25.0 Å². The number of carbonyl (C=O) groups is 2. The van der Waals surface area contributed by atoms with E-state index in [0.29, 0.717) is 58.2 Å². The van der Waals surface area contributed by atoms with Crippen molar-refractivity contribution in [3.8, 4) is 0 Å². The molecule has 4 saturated carbocycles. The van der Waals surface area contributed by atoms with Gasteiger partial charge in [-0.05, 0) is 104 Å². The summed E-state index contributed by atoms with van der Waals surface area (Å²) in [7, 11) is 2.79. The third-order valence-corrected chi connectivity index (χ3v) is 15.1. The van der Waals surface area contributed by atoms with Gasteiger partial charge >= 0.3 is 23.6 Å². The van der Waals surface area contributed by atoms with Gasteiger partial charge in [0.2, 0.25) is 6.23 Å². The highest BCUT2D eigenvalue weighted by molar-refractivity contribution is 8.76. The van der Waals surface area contributed by atoms with Gasteiger partial charge in [-0.25, -0.2) is 4.79 Å². The first-order chi connectivity index (χ1) is 27.6. The van der Waals surface area contributed by atoms with E-state index in [2.05, 4.69) is 49.7 Å². The van der Waals surface area contributed by atoms with Crippen molar-refractivity contribution < 1.29 is 47.9 Å². The van der Waals surface area contributed by atoms with Crippen LogP contribution in [-0.4, -0.2) is 91.4 Å². The molecule has 5 aliphatic rings. The number of aliphatic hydroxyl groups excluding tert-OH is 3. The topological polar surface area (TPSA) is 183 Å². The Balaban J connectivity index is 0.898. The van der Waals surface area contributed by atoms with Crippen molar-refractivity contribution in [2.45, 2.75) is 127 Å². The summed E-state index contributed by atoms with van der Waals surface area (Å²) in [5.41, 5.74) is 7.63. The maximum atomic E-state index is 14.7. The Labute approximate surface area is 346 Å². The standard InChI is InChI=1S/C42H57F2N3O9S2/c1-24(30-11-12-31-26(5-4-17-41(30,31)3)7-10-28-21-29(48)22-32(49)25(28)2)6-13-33(27-8-9-27)55-37(51)16-20-58-57-19-15-36(50)54-23-34-38(52)42(43,44)39(56-34)47-18-14-35(45)46-40(47)53/h6-7,10,13-14,18,24,27,29-34,38-39,48-49,52H,2,4-5,8-9,11-12,15-17,19-23H2,1,3H3,(H2,45,46,53)/b13-6+,26-7+,28-10-/t24-,29+,30?,31?,32-,33?,34?,38?,39?,41+/m0/s1. The molecule has 6 rings (SSSR count). The van der Waals surface area contributed by atoms with Gasteiger partial charge in [-0.2, -0.15) is 13.8 Å². The van der Waals surface area contributed by atoms with Crippen molar-refractivity contribution >= 4 is 39.3 Å². The number of hydrogen-bond acceptors (Lipinski definition) is 13. The van der Waals surface area contributed by atoms with Crippen LogP contribution in [0.5, 0.6) is 0 Å². The molecule has 320 valence electrons. The van der Waals surface area contributed by atoms with Crippen LogP contribution in [0.15, 0.2) is 64.7 Å². The first kappa shape index (κ1) is 44.5. The van der Waals surface area contributed by atoms with Crippen molar-refractivity contribution in [1.29, 1.82) is 0 Å². The zero-order chi connectivity index (χ0) is 41.8. The molecule has 5 N–H and O–H groups in total. The highest BCUT2D eigenvalue weighted by Crippen LogP contribution is 2.59. The maximum Gasteiger partial charge on any atom is 0.351 e. The molecule has 1 aromatic rings. The first-order valence-corrected chi connectivity index (χ1v) is 22.9. The van der Waals surface area contributed by atoms with Crippen LogP contribution in [0.25, 0.3) is 0 Å². The SMILES string of the molecule is C=C1/C(=C\C=C2/CCC[C@@]3(C)C2CCC3[C@@H](C)/C=C/C(OC(=O)CCSSCCC(=O)OCC2OC(n3ccc(N)nc3=O)C(F)(F)C2O)C2CC2)C[C@@H](O)C[C@@H]1O. The fraction of sp³-hybridized carbons (Fsp3) is 0.667. The quantitative estimate of drug-likeness (QED) is 0.0651. The highest BCUT2D eigenvalue weighted by atomic mass is 33.1. The van der Waals surface area contributed by atoms with Gasteiger partial charge in [-0.3, -0.25) is 14.2 Å². The molecule has 6 unspecified atom stereocenters. The van der Waals surface area contributed by atoms with Crippen molar-refractivity contribution in [3.63, 3.8) is 0 Å². The van der Waals surface area contributed by atoms with Crippen molar-refractivity contribution in [1.82, 2.24) is 9.55 Å². The van der Waals surface area contributed by atoms with Gasteiger partial charge < -0.3 is 35.3 Å². The number of anilines is 1. The Morgan fingerprint density at radius 2 is 1.84 bits per heavy atom. The summed E-state index contributed by atoms with van der Waals surface area (Å²) in [6.45, 7) is 8.16. The average Bonchev–Trinajstić information content (AvgIpc) is 3.91. The fourth-order valence-electron chi connectivity index (χ4n) is 9.28. The number of aliphatic hydroxyl groups is 3. The molecule has 12 nitrogen and oxygen atoms in total. The second kappa shape index (κ2) is 19.1. The molecule has 4 aliphatic carbocycles. The number of ether oxygens (including phenoxy) is 3. The van der Waals surface area contributed by atoms with Crippen LogP contribution in [0, 0.1) is 29.1 Å². The van der Waals surface area contributed by atoms with E-state index >= 15 is 0 Å². The van der Waals surface area contributed by atoms with Gasteiger partial charge in [-0.15, -0.1) is 0 Å². The third kappa shape index (κ3) is 10.5. The van der Waals surface area contributed by atoms with E-state index in [4.69, 9.17) is 19.9 Å². The summed E-state index contributed by atoms with van der Waals surface area (Å²) >= 11 is 0. The van der Waals surface area contributed by atoms with Crippen molar-refractivity contribution in [3.05, 3.63) is 70.3 Å². The van der Waals surface area contributed by atoms with E-state index in [1.165, 1.54) is 33.6 Å². The van der Waals surface area contributed by atoms with E-state index in [9.17, 15) is 38.5 Å². The lowest BCUT2D eigenvalue weighted by Crippen LogP contribution is -2.42. The average molecular weight is 850 g/mol. The number of hydrogen-bond donors (Lipinski definition) is 4. The molecular formula is C42H57F2N3O9S2. The second-order valence-corrected chi connectivity index (χ2v) is 19.4. The van der Waals surface area contributed by atoms with Crippen LogP contribution in [0.4, 0.5) is 14.6 Å². The summed E-state index contributed by atoms with van der Waals surface area (Å²) in [6, 6.07) is 1.15. The largest absolute Gasteiger partial charge is 0.463 e. The fourth-order valence-corrected chi connectivity index (χ4v) is 11.2. The molecule has 0 bridgehead atoms. The van der Waals surface area contributed by atoms with Crippen LogP contribution in [0.2, 0.25) is 0 Å². The van der Waals surface area contributed by atoms with E-state index in [-0.39, 0.29) is 36.1 Å². The number of nitrogens with zero attached hydrogens (tertiary/aromatic N) is 2. The lowest BCUT2D eigenvalue weighted by molar-refractivity contribution is -0.150. The minimum Gasteiger partial charge on any atom is -0.463 e. The number of nitrogens with two attached hydrogens (primary N) is 1. The lowest BCUT2D eigenvalue weighted by atomic mass is 9.61. The number of alkyl halides is 2. The molecule has 0 amide bonds. The van der Waals surface area contributed by atoms with Gasteiger partial charge in [0.1, 0.15) is 24.6 Å². The molecule has 0 radical (unpaired) electrons. The first-order valence-electron chi connectivity index (χ1n) is 20.4. The predicted octanol–water partition coefficient (Wildman–Crippen LogP) is 6.08. The molecule has 0 aromatic carbocycles.